The van der Waals surface area contributed by atoms with E-state index in [0.717, 1.165) is 24.5 Å². The van der Waals surface area contributed by atoms with Gasteiger partial charge in [0.25, 0.3) is 0 Å². The molecule has 1 aliphatic rings. The molecular weight excluding hydrogens is 241 g/mol. The van der Waals surface area contributed by atoms with Crippen LogP contribution in [0.25, 0.3) is 0 Å². The van der Waals surface area contributed by atoms with E-state index in [1.807, 2.05) is 0 Å². The lowest BCUT2D eigenvalue weighted by molar-refractivity contribution is 0.588. The summed E-state index contributed by atoms with van der Waals surface area (Å²) in [6, 6.07) is 2.21. The molecule has 19 heavy (non-hydrogen) atoms. The fourth-order valence-corrected chi connectivity index (χ4v) is 2.31. The smallest absolute Gasteiger partial charge is 0.141 e. The van der Waals surface area contributed by atoms with Gasteiger partial charge < -0.3 is 10.2 Å². The van der Waals surface area contributed by atoms with Gasteiger partial charge in [-0.25, -0.2) is 9.37 Å². The second-order valence-corrected chi connectivity index (χ2v) is 5.69. The normalized spacial score (nSPS) is 15.0. The predicted molar refractivity (Wildman–Crippen MR) is 76.8 cm³/mol. The fraction of sp³-hybridized carbons (Fsp3) is 0.667. The topological polar surface area (TPSA) is 28.2 Å². The van der Waals surface area contributed by atoms with Gasteiger partial charge in [-0.1, -0.05) is 20.8 Å². The van der Waals surface area contributed by atoms with Crippen LogP contribution in [0.15, 0.2) is 12.3 Å². The molecule has 2 rings (SSSR count). The Kier molecular flexibility index (Phi) is 4.75. The van der Waals surface area contributed by atoms with Gasteiger partial charge in [-0.3, -0.25) is 0 Å². The van der Waals surface area contributed by atoms with Crippen LogP contribution in [0.4, 0.5) is 10.2 Å². The lowest BCUT2D eigenvalue weighted by Gasteiger charge is -2.27. The van der Waals surface area contributed by atoms with Crippen molar-refractivity contribution in [2.75, 3.05) is 18.0 Å². The molecule has 1 aliphatic carbocycles. The second-order valence-electron chi connectivity index (χ2n) is 5.69. The molecule has 4 heteroatoms. The first-order chi connectivity index (χ1) is 9.11. The molecule has 0 radical (unpaired) electrons. The minimum absolute atomic E-state index is 0.253. The molecule has 0 spiro atoms. The molecule has 1 aromatic heterocycles. The van der Waals surface area contributed by atoms with Crippen molar-refractivity contribution in [3.8, 4) is 0 Å². The minimum Gasteiger partial charge on any atom is -0.353 e. The molecule has 1 aromatic rings. The van der Waals surface area contributed by atoms with Crippen LogP contribution in [0.1, 0.15) is 39.2 Å². The van der Waals surface area contributed by atoms with Gasteiger partial charge in [-0.05, 0) is 31.4 Å². The van der Waals surface area contributed by atoms with Gasteiger partial charge in [-0.2, -0.15) is 0 Å². The van der Waals surface area contributed by atoms with Crippen molar-refractivity contribution in [3.05, 3.63) is 23.6 Å². The highest BCUT2D eigenvalue weighted by molar-refractivity contribution is 5.49. The van der Waals surface area contributed by atoms with Gasteiger partial charge in [0.2, 0.25) is 0 Å². The maximum Gasteiger partial charge on any atom is 0.141 e. The molecule has 0 saturated heterocycles. The Labute approximate surface area is 115 Å². The number of nitrogens with one attached hydrogen (secondary N) is 1. The lowest BCUT2D eigenvalue weighted by atomic mass is 10.1. The first-order valence-corrected chi connectivity index (χ1v) is 7.23. The number of halogens is 1. The van der Waals surface area contributed by atoms with E-state index in [1.54, 1.807) is 6.07 Å². The summed E-state index contributed by atoms with van der Waals surface area (Å²) in [5.74, 6) is 1.29. The summed E-state index contributed by atoms with van der Waals surface area (Å²) in [5, 5.41) is 3.27. The molecule has 1 saturated carbocycles. The number of hydrogen-bond acceptors (Lipinski definition) is 3. The first-order valence-electron chi connectivity index (χ1n) is 7.23. The monoisotopic (exact) mass is 265 g/mol. The summed E-state index contributed by atoms with van der Waals surface area (Å²) in [4.78, 5) is 6.71. The standard InChI is InChI=1S/C15H24FN3/c1-4-17-8-12-7-13(16)9-18-15(12)19(10-11(2)3)14-5-6-14/h7,9,11,14,17H,4-6,8,10H2,1-3H3. The Hall–Kier alpha value is -1.16. The van der Waals surface area contributed by atoms with Crippen molar-refractivity contribution >= 4 is 5.82 Å². The Morgan fingerprint density at radius 3 is 2.79 bits per heavy atom. The van der Waals surface area contributed by atoms with Crippen LogP contribution in [0, 0.1) is 11.7 Å². The highest BCUT2D eigenvalue weighted by atomic mass is 19.1. The molecule has 3 nitrogen and oxygen atoms in total. The maximum atomic E-state index is 13.4. The Morgan fingerprint density at radius 2 is 2.21 bits per heavy atom. The van der Waals surface area contributed by atoms with Gasteiger partial charge in [0.15, 0.2) is 0 Å². The number of nitrogens with zero attached hydrogens (tertiary/aromatic N) is 2. The first kappa shape index (κ1) is 14.3. The molecule has 0 aromatic carbocycles. The van der Waals surface area contributed by atoms with Crippen LogP contribution in [-0.2, 0) is 6.54 Å². The lowest BCUT2D eigenvalue weighted by Crippen LogP contribution is -2.32. The molecule has 1 fully saturated rings. The van der Waals surface area contributed by atoms with Crippen molar-refractivity contribution in [1.82, 2.24) is 10.3 Å². The molecule has 1 N–H and O–H groups in total. The number of aromatic nitrogens is 1. The van der Waals surface area contributed by atoms with E-state index in [9.17, 15) is 4.39 Å². The molecule has 106 valence electrons. The van der Waals surface area contributed by atoms with E-state index in [2.05, 4.69) is 36.0 Å². The van der Waals surface area contributed by atoms with Crippen molar-refractivity contribution in [1.29, 1.82) is 0 Å². The third-order valence-electron chi connectivity index (χ3n) is 3.30. The molecular formula is C15H24FN3. The molecule has 0 atom stereocenters. The second kappa shape index (κ2) is 6.33. The van der Waals surface area contributed by atoms with Gasteiger partial charge in [-0.15, -0.1) is 0 Å². The third-order valence-corrected chi connectivity index (χ3v) is 3.30. The number of hydrogen-bond donors (Lipinski definition) is 1. The zero-order chi connectivity index (χ0) is 13.8. The van der Waals surface area contributed by atoms with Gasteiger partial charge in [0.1, 0.15) is 11.6 Å². The van der Waals surface area contributed by atoms with Crippen LogP contribution < -0.4 is 10.2 Å². The minimum atomic E-state index is -0.253. The van der Waals surface area contributed by atoms with Gasteiger partial charge in [0.05, 0.1) is 6.20 Å². The van der Waals surface area contributed by atoms with E-state index in [-0.39, 0.29) is 5.82 Å². The highest BCUT2D eigenvalue weighted by Gasteiger charge is 2.31. The van der Waals surface area contributed by atoms with E-state index in [0.29, 0.717) is 18.5 Å². The number of anilines is 1. The third kappa shape index (κ3) is 3.90. The molecule has 0 aliphatic heterocycles. The van der Waals surface area contributed by atoms with Gasteiger partial charge >= 0.3 is 0 Å². The Balaban J connectivity index is 2.23. The summed E-state index contributed by atoms with van der Waals surface area (Å²) < 4.78 is 13.4. The largest absolute Gasteiger partial charge is 0.353 e. The summed E-state index contributed by atoms with van der Waals surface area (Å²) in [5.41, 5.74) is 0.967. The van der Waals surface area contributed by atoms with E-state index >= 15 is 0 Å². The highest BCUT2D eigenvalue weighted by Crippen LogP contribution is 2.33. The van der Waals surface area contributed by atoms with Crippen LogP contribution in [-0.4, -0.2) is 24.1 Å². The maximum absolute atomic E-state index is 13.4. The molecule has 0 amide bonds. The van der Waals surface area contributed by atoms with Crippen LogP contribution in [0.2, 0.25) is 0 Å². The molecule has 0 unspecified atom stereocenters. The average Bonchev–Trinajstić information content (AvgIpc) is 3.18. The van der Waals surface area contributed by atoms with Crippen LogP contribution >= 0.6 is 0 Å². The van der Waals surface area contributed by atoms with Crippen molar-refractivity contribution in [2.24, 2.45) is 5.92 Å². The summed E-state index contributed by atoms with van der Waals surface area (Å²) >= 11 is 0. The summed E-state index contributed by atoms with van der Waals surface area (Å²) in [6.45, 7) is 9.02. The van der Waals surface area contributed by atoms with Crippen LogP contribution in [0.3, 0.4) is 0 Å². The Morgan fingerprint density at radius 1 is 1.47 bits per heavy atom. The number of pyridine rings is 1. The quantitative estimate of drug-likeness (QED) is 0.821. The average molecular weight is 265 g/mol. The summed E-state index contributed by atoms with van der Waals surface area (Å²) in [7, 11) is 0. The SMILES string of the molecule is CCNCc1cc(F)cnc1N(CC(C)C)C1CC1. The van der Waals surface area contributed by atoms with Crippen LogP contribution in [0.5, 0.6) is 0 Å². The molecule has 0 bridgehead atoms. The zero-order valence-corrected chi connectivity index (χ0v) is 12.1. The predicted octanol–water partition coefficient (Wildman–Crippen LogP) is 2.96. The molecule has 1 heterocycles. The fourth-order valence-electron chi connectivity index (χ4n) is 2.31. The summed E-state index contributed by atoms with van der Waals surface area (Å²) in [6.07, 6.45) is 3.79. The number of rotatable bonds is 7. The van der Waals surface area contributed by atoms with Gasteiger partial charge in [0, 0.05) is 24.7 Å². The zero-order valence-electron chi connectivity index (χ0n) is 12.1. The van der Waals surface area contributed by atoms with E-state index in [4.69, 9.17) is 0 Å². The van der Waals surface area contributed by atoms with Crippen molar-refractivity contribution < 1.29 is 4.39 Å². The van der Waals surface area contributed by atoms with Crippen molar-refractivity contribution in [3.63, 3.8) is 0 Å². The van der Waals surface area contributed by atoms with Crippen molar-refractivity contribution in [2.45, 2.75) is 46.2 Å². The van der Waals surface area contributed by atoms with E-state index in [1.165, 1.54) is 19.0 Å². The van der Waals surface area contributed by atoms with E-state index < -0.39 is 0 Å². The Bertz CT molecular complexity index is 416.